The fourth-order valence-corrected chi connectivity index (χ4v) is 2.51. The van der Waals surface area contributed by atoms with Crippen LogP contribution < -0.4 is 0 Å². The molecule has 1 heterocycles. The van der Waals surface area contributed by atoms with Crippen LogP contribution in [0, 0.1) is 5.82 Å². The Morgan fingerprint density at radius 2 is 2.06 bits per heavy atom. The molecule has 0 aliphatic carbocycles. The normalized spacial score (nSPS) is 24.3. The number of halogens is 1. The molecule has 5 nitrogen and oxygen atoms in total. The third kappa shape index (κ3) is 3.16. The second kappa shape index (κ2) is 4.61. The summed E-state index contributed by atoms with van der Waals surface area (Å²) in [5.74, 6) is -1.21. The lowest BCUT2D eigenvalue weighted by Gasteiger charge is -2.17. The van der Waals surface area contributed by atoms with Gasteiger partial charge < -0.3 is 13.8 Å². The van der Waals surface area contributed by atoms with Crippen molar-refractivity contribution in [1.82, 2.24) is 0 Å². The number of hydrogen-bond donors (Lipinski definition) is 2. The van der Waals surface area contributed by atoms with Crippen LogP contribution in [-0.2, 0) is 8.92 Å². The minimum Gasteiger partial charge on any atom is -0.455 e. The van der Waals surface area contributed by atoms with Crippen molar-refractivity contribution < 1.29 is 27.2 Å². The number of carbonyl (C=O) groups excluding carboxylic acids is 1. The molecule has 1 unspecified atom stereocenters. The van der Waals surface area contributed by atoms with Crippen molar-refractivity contribution in [3.05, 3.63) is 35.6 Å². The third-order valence-electron chi connectivity index (χ3n) is 2.20. The van der Waals surface area contributed by atoms with Crippen LogP contribution in [-0.4, -0.2) is 33.5 Å². The van der Waals surface area contributed by atoms with E-state index in [1.165, 1.54) is 12.1 Å². The Balaban J connectivity index is 1.96. The highest BCUT2D eigenvalue weighted by Gasteiger charge is 2.35. The molecule has 94 valence electrons. The van der Waals surface area contributed by atoms with E-state index in [9.17, 15) is 9.18 Å². The van der Waals surface area contributed by atoms with E-state index in [0.717, 1.165) is 12.1 Å². The van der Waals surface area contributed by atoms with Crippen LogP contribution in [0.3, 0.4) is 0 Å². The van der Waals surface area contributed by atoms with E-state index in [1.54, 1.807) is 0 Å². The van der Waals surface area contributed by atoms with Crippen molar-refractivity contribution in [2.45, 2.75) is 6.10 Å². The number of carbonyl (C=O) groups is 1. The van der Waals surface area contributed by atoms with E-state index < -0.39 is 28.8 Å². The fraction of sp³-hybridized carbons (Fsp3) is 0.300. The van der Waals surface area contributed by atoms with Gasteiger partial charge in [-0.25, -0.2) is 9.18 Å². The monoisotopic (exact) mass is 262 g/mol. The van der Waals surface area contributed by atoms with Gasteiger partial charge in [-0.05, 0) is 24.3 Å². The molecule has 1 aromatic rings. The summed E-state index contributed by atoms with van der Waals surface area (Å²) in [6, 6.07) is 4.89. The number of benzene rings is 1. The Labute approximate surface area is 98.7 Å². The molecule has 1 saturated heterocycles. The Morgan fingerprint density at radius 3 is 2.59 bits per heavy atom. The zero-order chi connectivity index (χ0) is 12.5. The summed E-state index contributed by atoms with van der Waals surface area (Å²) in [4.78, 5) is 11.6. The largest absolute Gasteiger partial charge is 0.455 e. The van der Waals surface area contributed by atoms with Crippen LogP contribution in [0.5, 0.6) is 0 Å². The van der Waals surface area contributed by atoms with Crippen LogP contribution in [0.1, 0.15) is 10.4 Å². The van der Waals surface area contributed by atoms with E-state index in [-0.39, 0.29) is 17.9 Å². The zero-order valence-corrected chi connectivity index (χ0v) is 9.52. The van der Waals surface area contributed by atoms with Crippen LogP contribution >= 0.6 is 10.9 Å². The van der Waals surface area contributed by atoms with Gasteiger partial charge in [0, 0.05) is 0 Å². The lowest BCUT2D eigenvalue weighted by molar-refractivity contribution is 0.0301. The van der Waals surface area contributed by atoms with Gasteiger partial charge in [-0.2, -0.15) is 0 Å². The summed E-state index contributed by atoms with van der Waals surface area (Å²) in [6.45, 7) is -0.0464. The molecule has 2 N–H and O–H groups in total. The zero-order valence-electron chi connectivity index (χ0n) is 8.71. The topological polar surface area (TPSA) is 76.0 Å². The summed E-state index contributed by atoms with van der Waals surface area (Å²) in [5.41, 5.74) is 0.203. The first-order chi connectivity index (χ1) is 7.96. The molecule has 0 radical (unpaired) electrons. The van der Waals surface area contributed by atoms with Gasteiger partial charge in [-0.3, -0.25) is 4.18 Å². The summed E-state index contributed by atoms with van der Waals surface area (Å²) >= 11 is 0. The Bertz CT molecular complexity index is 419. The van der Waals surface area contributed by atoms with Crippen molar-refractivity contribution in [1.29, 1.82) is 0 Å². The lowest BCUT2D eigenvalue weighted by Crippen LogP contribution is -2.21. The molecule has 1 fully saturated rings. The SMILES string of the molecule is O=C(OC1COS(O)(O)C1)c1ccc(F)cc1. The molecular formula is C10H11FO5S. The van der Waals surface area contributed by atoms with Crippen molar-refractivity contribution in [2.75, 3.05) is 12.4 Å². The van der Waals surface area contributed by atoms with Crippen molar-refractivity contribution in [2.24, 2.45) is 0 Å². The van der Waals surface area contributed by atoms with E-state index >= 15 is 0 Å². The van der Waals surface area contributed by atoms with Crippen molar-refractivity contribution in [3.8, 4) is 0 Å². The van der Waals surface area contributed by atoms with Crippen LogP contribution in [0.4, 0.5) is 4.39 Å². The van der Waals surface area contributed by atoms with Crippen molar-refractivity contribution in [3.63, 3.8) is 0 Å². The molecule has 1 atom stereocenters. The van der Waals surface area contributed by atoms with Gasteiger partial charge in [-0.15, -0.1) is 0 Å². The first kappa shape index (κ1) is 12.3. The van der Waals surface area contributed by atoms with Gasteiger partial charge in [0.15, 0.2) is 0 Å². The second-order valence-electron chi connectivity index (χ2n) is 3.59. The van der Waals surface area contributed by atoms with E-state index in [0.29, 0.717) is 0 Å². The number of ether oxygens (including phenoxy) is 1. The summed E-state index contributed by atoms with van der Waals surface area (Å²) in [6.07, 6.45) is -0.683. The second-order valence-corrected chi connectivity index (χ2v) is 5.37. The Kier molecular flexibility index (Phi) is 3.34. The predicted octanol–water partition coefficient (Wildman–Crippen LogP) is 2.05. The minimum absolute atomic E-state index is 0.0464. The molecular weight excluding hydrogens is 251 g/mol. The Hall–Kier alpha value is -1.15. The number of rotatable bonds is 2. The molecule has 0 aromatic heterocycles. The highest BCUT2D eigenvalue weighted by molar-refractivity contribution is 8.20. The molecule has 1 aromatic carbocycles. The quantitative estimate of drug-likeness (QED) is 0.798. The number of esters is 1. The summed E-state index contributed by atoms with van der Waals surface area (Å²) in [7, 11) is -3.07. The van der Waals surface area contributed by atoms with Crippen molar-refractivity contribution >= 4 is 16.8 Å². The highest BCUT2D eigenvalue weighted by atomic mass is 32.3. The standard InChI is InChI=1S/C10H11FO5S/c11-8-3-1-7(2-4-8)10(12)16-9-5-15-17(13,14)6-9/h1-4,9,13-14H,5-6H2. The third-order valence-corrected chi connectivity index (χ3v) is 3.52. The fourth-order valence-electron chi connectivity index (χ4n) is 1.40. The molecule has 0 amide bonds. The van der Waals surface area contributed by atoms with E-state index in [1.807, 2.05) is 0 Å². The summed E-state index contributed by atoms with van der Waals surface area (Å²) in [5, 5.41) is 0. The average Bonchev–Trinajstić information content (AvgIpc) is 2.59. The van der Waals surface area contributed by atoms with E-state index in [2.05, 4.69) is 4.18 Å². The molecule has 17 heavy (non-hydrogen) atoms. The van der Waals surface area contributed by atoms with Gasteiger partial charge in [0.2, 0.25) is 0 Å². The van der Waals surface area contributed by atoms with Crippen LogP contribution in [0.2, 0.25) is 0 Å². The Morgan fingerprint density at radius 1 is 1.41 bits per heavy atom. The van der Waals surface area contributed by atoms with Gasteiger partial charge in [0.1, 0.15) is 18.5 Å². The molecule has 1 aliphatic rings. The molecule has 0 saturated carbocycles. The van der Waals surface area contributed by atoms with Crippen LogP contribution in [0.15, 0.2) is 24.3 Å². The molecule has 2 rings (SSSR count). The predicted molar refractivity (Wildman–Crippen MR) is 59.3 cm³/mol. The maximum absolute atomic E-state index is 12.6. The lowest BCUT2D eigenvalue weighted by atomic mass is 10.2. The van der Waals surface area contributed by atoms with Gasteiger partial charge in [0.05, 0.1) is 22.2 Å². The van der Waals surface area contributed by atoms with E-state index in [4.69, 9.17) is 13.8 Å². The molecule has 7 heteroatoms. The van der Waals surface area contributed by atoms with Crippen LogP contribution in [0.25, 0.3) is 0 Å². The maximum Gasteiger partial charge on any atom is 0.338 e. The van der Waals surface area contributed by atoms with Gasteiger partial charge in [0.25, 0.3) is 0 Å². The highest BCUT2D eigenvalue weighted by Crippen LogP contribution is 2.46. The molecule has 1 aliphatic heterocycles. The smallest absolute Gasteiger partial charge is 0.338 e. The first-order valence-corrected chi connectivity index (χ1v) is 6.47. The first-order valence-electron chi connectivity index (χ1n) is 4.83. The molecule has 0 spiro atoms. The average molecular weight is 262 g/mol. The minimum atomic E-state index is -3.07. The summed E-state index contributed by atoms with van der Waals surface area (Å²) < 4.78 is 40.6. The number of hydrogen-bond acceptors (Lipinski definition) is 5. The van der Waals surface area contributed by atoms with Gasteiger partial charge in [-0.1, -0.05) is 0 Å². The van der Waals surface area contributed by atoms with Gasteiger partial charge >= 0.3 is 5.97 Å². The molecule has 0 bridgehead atoms. The maximum atomic E-state index is 12.6.